The fraction of sp³-hybridized carbons (Fsp3) is 0.688. The highest BCUT2D eigenvalue weighted by Crippen LogP contribution is 2.23. The van der Waals surface area contributed by atoms with E-state index in [0.29, 0.717) is 11.5 Å². The predicted molar refractivity (Wildman–Crippen MR) is 82.9 cm³/mol. The molecule has 1 saturated heterocycles. The van der Waals surface area contributed by atoms with Crippen molar-refractivity contribution >= 4 is 11.8 Å². The Morgan fingerprint density at radius 2 is 1.77 bits per heavy atom. The number of hydrogen-bond donors (Lipinski definition) is 1. The second kappa shape index (κ2) is 6.10. The van der Waals surface area contributed by atoms with Gasteiger partial charge in [-0.25, -0.2) is 4.98 Å². The highest BCUT2D eigenvalue weighted by molar-refractivity contribution is 5.97. The average Bonchev–Trinajstić information content (AvgIpc) is 3.14. The number of carbonyl (C=O) groups excluding carboxylic acids is 2. The van der Waals surface area contributed by atoms with Gasteiger partial charge in [0.25, 0.3) is 11.8 Å². The topological polar surface area (TPSA) is 67.2 Å². The zero-order valence-corrected chi connectivity index (χ0v) is 13.4. The van der Waals surface area contributed by atoms with Gasteiger partial charge in [-0.1, -0.05) is 0 Å². The van der Waals surface area contributed by atoms with E-state index in [9.17, 15) is 9.59 Å². The Hall–Kier alpha value is -1.85. The summed E-state index contributed by atoms with van der Waals surface area (Å²) in [5.41, 5.74) is 1.36. The number of carbonyl (C=O) groups is 2. The van der Waals surface area contributed by atoms with Crippen molar-refractivity contribution in [3.63, 3.8) is 0 Å². The maximum atomic E-state index is 12.7. The Bertz CT molecular complexity index is 585. The summed E-state index contributed by atoms with van der Waals surface area (Å²) in [6, 6.07) is 0.0613. The quantitative estimate of drug-likeness (QED) is 0.922. The SMILES string of the molecule is CC(C)NC(=O)c1nc(C(=O)N2CCCC2)n2c1CCCC2. The van der Waals surface area contributed by atoms with Crippen LogP contribution in [0.2, 0.25) is 0 Å². The van der Waals surface area contributed by atoms with Crippen molar-refractivity contribution in [1.82, 2.24) is 19.8 Å². The molecular formula is C16H24N4O2. The van der Waals surface area contributed by atoms with Gasteiger partial charge in [0.05, 0.1) is 5.69 Å². The van der Waals surface area contributed by atoms with Gasteiger partial charge in [-0.3, -0.25) is 9.59 Å². The minimum atomic E-state index is -0.166. The van der Waals surface area contributed by atoms with Gasteiger partial charge >= 0.3 is 0 Å². The lowest BCUT2D eigenvalue weighted by Gasteiger charge is -2.19. The third-order valence-corrected chi connectivity index (χ3v) is 4.34. The number of fused-ring (bicyclic) bond motifs is 1. The maximum Gasteiger partial charge on any atom is 0.289 e. The van der Waals surface area contributed by atoms with Gasteiger partial charge in [0.1, 0.15) is 5.69 Å². The molecule has 0 atom stereocenters. The van der Waals surface area contributed by atoms with Crippen molar-refractivity contribution in [2.24, 2.45) is 0 Å². The molecule has 0 saturated carbocycles. The number of nitrogens with one attached hydrogen (secondary N) is 1. The number of nitrogens with zero attached hydrogens (tertiary/aromatic N) is 3. The van der Waals surface area contributed by atoms with Crippen LogP contribution in [0.25, 0.3) is 0 Å². The second-order valence-corrected chi connectivity index (χ2v) is 6.47. The number of likely N-dealkylation sites (tertiary alicyclic amines) is 1. The third-order valence-electron chi connectivity index (χ3n) is 4.34. The zero-order chi connectivity index (χ0) is 15.7. The van der Waals surface area contributed by atoms with E-state index in [4.69, 9.17) is 0 Å². The highest BCUT2D eigenvalue weighted by atomic mass is 16.2. The minimum absolute atomic E-state index is 0.0238. The first-order valence-electron chi connectivity index (χ1n) is 8.27. The fourth-order valence-electron chi connectivity index (χ4n) is 3.28. The summed E-state index contributed by atoms with van der Waals surface area (Å²) in [4.78, 5) is 31.4. The van der Waals surface area contributed by atoms with Gasteiger partial charge < -0.3 is 14.8 Å². The zero-order valence-electron chi connectivity index (χ0n) is 13.4. The van der Waals surface area contributed by atoms with Crippen molar-refractivity contribution in [3.05, 3.63) is 17.2 Å². The average molecular weight is 304 g/mol. The van der Waals surface area contributed by atoms with Crippen molar-refractivity contribution in [3.8, 4) is 0 Å². The number of amides is 2. The molecule has 120 valence electrons. The Kier molecular flexibility index (Phi) is 4.18. The van der Waals surface area contributed by atoms with E-state index in [2.05, 4.69) is 10.3 Å². The van der Waals surface area contributed by atoms with Gasteiger partial charge in [-0.15, -0.1) is 0 Å². The Labute approximate surface area is 130 Å². The van der Waals surface area contributed by atoms with Crippen molar-refractivity contribution < 1.29 is 9.59 Å². The molecule has 0 bridgehead atoms. The van der Waals surface area contributed by atoms with E-state index in [-0.39, 0.29) is 17.9 Å². The van der Waals surface area contributed by atoms with Crippen LogP contribution in [0.15, 0.2) is 0 Å². The number of imidazole rings is 1. The monoisotopic (exact) mass is 304 g/mol. The Balaban J connectivity index is 1.94. The molecule has 0 aliphatic carbocycles. The summed E-state index contributed by atoms with van der Waals surface area (Å²) in [6.07, 6.45) is 5.01. The first-order chi connectivity index (χ1) is 10.6. The molecular weight excluding hydrogens is 280 g/mol. The number of aromatic nitrogens is 2. The first-order valence-corrected chi connectivity index (χ1v) is 8.27. The summed E-state index contributed by atoms with van der Waals surface area (Å²) >= 11 is 0. The molecule has 0 aromatic carbocycles. The molecule has 3 rings (SSSR count). The molecule has 2 aliphatic heterocycles. The summed E-state index contributed by atoms with van der Waals surface area (Å²) in [5.74, 6) is 0.260. The van der Waals surface area contributed by atoms with E-state index < -0.39 is 0 Å². The van der Waals surface area contributed by atoms with Crippen molar-refractivity contribution in [2.45, 2.75) is 58.5 Å². The molecule has 0 spiro atoms. The highest BCUT2D eigenvalue weighted by Gasteiger charge is 2.30. The van der Waals surface area contributed by atoms with E-state index in [1.54, 1.807) is 0 Å². The maximum absolute atomic E-state index is 12.7. The van der Waals surface area contributed by atoms with Crippen LogP contribution in [0.4, 0.5) is 0 Å². The molecule has 1 aromatic heterocycles. The van der Waals surface area contributed by atoms with Crippen molar-refractivity contribution in [1.29, 1.82) is 0 Å². The molecule has 1 aromatic rings. The summed E-state index contributed by atoms with van der Waals surface area (Å²) in [5, 5.41) is 2.89. The smallest absolute Gasteiger partial charge is 0.289 e. The van der Waals surface area contributed by atoms with Crippen LogP contribution in [0, 0.1) is 0 Å². The third kappa shape index (κ3) is 2.74. The van der Waals surface area contributed by atoms with Gasteiger partial charge in [0.15, 0.2) is 5.82 Å². The minimum Gasteiger partial charge on any atom is -0.348 e. The molecule has 22 heavy (non-hydrogen) atoms. The standard InChI is InChI=1S/C16H24N4O2/c1-11(2)17-15(21)13-12-7-3-4-10-20(12)14(18-13)16(22)19-8-5-6-9-19/h11H,3-10H2,1-2H3,(H,17,21). The lowest BCUT2D eigenvalue weighted by Crippen LogP contribution is -2.31. The molecule has 6 heteroatoms. The first kappa shape index (κ1) is 15.1. The van der Waals surface area contributed by atoms with Gasteiger partial charge in [-0.05, 0) is 46.0 Å². The molecule has 0 radical (unpaired) electrons. The lowest BCUT2D eigenvalue weighted by atomic mass is 10.1. The second-order valence-electron chi connectivity index (χ2n) is 6.47. The molecule has 2 amide bonds. The van der Waals surface area contributed by atoms with Gasteiger partial charge in [0.2, 0.25) is 0 Å². The summed E-state index contributed by atoms with van der Waals surface area (Å²) < 4.78 is 1.97. The van der Waals surface area contributed by atoms with Crippen LogP contribution in [0.5, 0.6) is 0 Å². The summed E-state index contributed by atoms with van der Waals surface area (Å²) in [6.45, 7) is 6.24. The molecule has 0 unspecified atom stereocenters. The normalized spacial score (nSPS) is 17.7. The van der Waals surface area contributed by atoms with Crippen LogP contribution in [-0.4, -0.2) is 45.4 Å². The van der Waals surface area contributed by atoms with Crippen LogP contribution in [-0.2, 0) is 13.0 Å². The summed E-state index contributed by atoms with van der Waals surface area (Å²) in [7, 11) is 0. The molecule has 1 fully saturated rings. The van der Waals surface area contributed by atoms with E-state index >= 15 is 0 Å². The molecule has 2 aliphatic rings. The predicted octanol–water partition coefficient (Wildman–Crippen LogP) is 1.59. The Morgan fingerprint density at radius 3 is 2.45 bits per heavy atom. The van der Waals surface area contributed by atoms with Gasteiger partial charge in [0, 0.05) is 25.7 Å². The number of hydrogen-bond acceptors (Lipinski definition) is 3. The largest absolute Gasteiger partial charge is 0.348 e. The fourth-order valence-corrected chi connectivity index (χ4v) is 3.28. The van der Waals surface area contributed by atoms with Crippen LogP contribution >= 0.6 is 0 Å². The number of rotatable bonds is 3. The molecule has 1 N–H and O–H groups in total. The van der Waals surface area contributed by atoms with E-state index in [0.717, 1.165) is 57.4 Å². The molecule has 6 nitrogen and oxygen atoms in total. The van der Waals surface area contributed by atoms with Gasteiger partial charge in [-0.2, -0.15) is 0 Å². The lowest BCUT2D eigenvalue weighted by molar-refractivity contribution is 0.0774. The van der Waals surface area contributed by atoms with E-state index in [1.165, 1.54) is 0 Å². The molecule has 3 heterocycles. The van der Waals surface area contributed by atoms with Crippen LogP contribution < -0.4 is 5.32 Å². The van der Waals surface area contributed by atoms with Crippen molar-refractivity contribution in [2.75, 3.05) is 13.1 Å². The Morgan fingerprint density at radius 1 is 1.09 bits per heavy atom. The van der Waals surface area contributed by atoms with E-state index in [1.807, 2.05) is 23.3 Å². The van der Waals surface area contributed by atoms with Crippen LogP contribution in [0.3, 0.4) is 0 Å². The van der Waals surface area contributed by atoms with Crippen LogP contribution in [0.1, 0.15) is 66.3 Å².